The van der Waals surface area contributed by atoms with Crippen molar-refractivity contribution in [1.82, 2.24) is 0 Å². The zero-order chi connectivity index (χ0) is 37.3. The molecule has 0 radical (unpaired) electrons. The first-order chi connectivity index (χ1) is 25.2. The maximum absolute atomic E-state index is 12.2. The first-order valence-electron chi connectivity index (χ1n) is 18.4. The smallest absolute Gasteiger partial charge is 0.340 e. The predicted octanol–water partition coefficient (Wildman–Crippen LogP) is 8.80. The highest BCUT2D eigenvalue weighted by Gasteiger charge is 2.22. The number of unbranched alkanes of at least 4 members (excludes halogenated alkanes) is 2. The lowest BCUT2D eigenvalue weighted by Gasteiger charge is -2.29. The molecule has 278 valence electrons. The summed E-state index contributed by atoms with van der Waals surface area (Å²) in [6.07, 6.45) is 12.3. The molecule has 2 N–H and O–H groups in total. The van der Waals surface area contributed by atoms with Gasteiger partial charge in [-0.1, -0.05) is 101 Å². The fraction of sp³-hybridized carbons (Fsp3) is 0.409. The minimum atomic E-state index is -0.753. The fourth-order valence-electron chi connectivity index (χ4n) is 6.48. The second-order valence-electron chi connectivity index (χ2n) is 13.6. The van der Waals surface area contributed by atoms with E-state index in [2.05, 4.69) is 75.2 Å². The Kier molecular flexibility index (Phi) is 16.2. The van der Waals surface area contributed by atoms with Crippen LogP contribution >= 0.6 is 0 Å². The molecule has 1 aliphatic rings. The number of esters is 2. The molecule has 0 bridgehead atoms. The first-order valence-corrected chi connectivity index (χ1v) is 18.4. The average Bonchev–Trinajstić information content (AvgIpc) is 3.17. The van der Waals surface area contributed by atoms with Gasteiger partial charge in [0.05, 0.1) is 12.2 Å². The highest BCUT2D eigenvalue weighted by molar-refractivity contribution is 5.92. The molecule has 0 saturated heterocycles. The fourth-order valence-corrected chi connectivity index (χ4v) is 6.48. The van der Waals surface area contributed by atoms with Gasteiger partial charge in [0.1, 0.15) is 11.5 Å². The molecular formula is C44H54O8. The molecule has 1 saturated carbocycles. The van der Waals surface area contributed by atoms with Gasteiger partial charge in [-0.2, -0.15) is 0 Å². The monoisotopic (exact) mass is 710 g/mol. The normalized spacial score (nSPS) is 15.4. The van der Waals surface area contributed by atoms with E-state index in [-0.39, 0.29) is 36.5 Å². The topological polar surface area (TPSA) is 112 Å². The Hall–Kier alpha value is -4.66. The molecule has 1 fully saturated rings. The van der Waals surface area contributed by atoms with Gasteiger partial charge in [0.2, 0.25) is 13.6 Å². The lowest BCUT2D eigenvalue weighted by molar-refractivity contribution is -0.146. The molecule has 0 amide bonds. The number of aliphatic hydroxyl groups is 2. The van der Waals surface area contributed by atoms with Crippen LogP contribution in [0.1, 0.15) is 87.3 Å². The lowest BCUT2D eigenvalue weighted by atomic mass is 9.77. The van der Waals surface area contributed by atoms with Gasteiger partial charge in [0, 0.05) is 24.7 Å². The second kappa shape index (κ2) is 21.0. The first kappa shape index (κ1) is 40.1. The zero-order valence-electron chi connectivity index (χ0n) is 30.6. The molecule has 3 aromatic rings. The van der Waals surface area contributed by atoms with Gasteiger partial charge >= 0.3 is 11.9 Å². The second-order valence-corrected chi connectivity index (χ2v) is 13.6. The Balaban J connectivity index is 1.34. The largest absolute Gasteiger partial charge is 0.457 e. The summed E-state index contributed by atoms with van der Waals surface area (Å²) >= 11 is 0. The van der Waals surface area contributed by atoms with Gasteiger partial charge in [-0.3, -0.25) is 0 Å². The number of carbonyl (C=O) groups excluding carboxylic acids is 2. The van der Waals surface area contributed by atoms with Crippen molar-refractivity contribution in [1.29, 1.82) is 0 Å². The SMILES string of the molecule is C=C(CO)C(=C)C(=O)OCOc1cc(CCc2ccc(-c3ccc(C4CCC(CCCCC)CC4)cc3)cc2)cc(OCOC(=O)C(=C)CCO)c1. The van der Waals surface area contributed by atoms with E-state index in [1.54, 1.807) is 6.07 Å². The Morgan fingerprint density at radius 1 is 0.712 bits per heavy atom. The molecule has 0 spiro atoms. The summed E-state index contributed by atoms with van der Waals surface area (Å²) in [5, 5.41) is 18.2. The van der Waals surface area contributed by atoms with Gasteiger partial charge in [-0.05, 0) is 95.9 Å². The van der Waals surface area contributed by atoms with E-state index >= 15 is 0 Å². The summed E-state index contributed by atoms with van der Waals surface area (Å²) in [5.41, 5.74) is 6.17. The maximum atomic E-state index is 12.2. The molecule has 8 heteroatoms. The average molecular weight is 711 g/mol. The molecule has 8 nitrogen and oxygen atoms in total. The van der Waals surface area contributed by atoms with E-state index in [1.807, 2.05) is 12.1 Å². The molecule has 0 unspecified atom stereocenters. The summed E-state index contributed by atoms with van der Waals surface area (Å²) in [6, 6.07) is 23.0. The molecule has 0 atom stereocenters. The number of aryl methyl sites for hydroxylation is 2. The third-order valence-electron chi connectivity index (χ3n) is 9.77. The number of hydrogen-bond acceptors (Lipinski definition) is 8. The van der Waals surface area contributed by atoms with Crippen molar-refractivity contribution in [3.63, 3.8) is 0 Å². The number of rotatable bonds is 21. The molecule has 52 heavy (non-hydrogen) atoms. The summed E-state index contributed by atoms with van der Waals surface area (Å²) in [4.78, 5) is 24.3. The van der Waals surface area contributed by atoms with Crippen molar-refractivity contribution in [2.45, 2.75) is 83.5 Å². The van der Waals surface area contributed by atoms with Crippen molar-refractivity contribution < 1.29 is 38.7 Å². The van der Waals surface area contributed by atoms with Gasteiger partial charge in [0.15, 0.2) is 0 Å². The van der Waals surface area contributed by atoms with Crippen LogP contribution in [0.25, 0.3) is 11.1 Å². The van der Waals surface area contributed by atoms with Crippen LogP contribution in [0.5, 0.6) is 11.5 Å². The number of carbonyl (C=O) groups is 2. The van der Waals surface area contributed by atoms with Crippen molar-refractivity contribution in [3.8, 4) is 22.6 Å². The molecule has 4 rings (SSSR count). The van der Waals surface area contributed by atoms with Gasteiger partial charge < -0.3 is 29.2 Å². The van der Waals surface area contributed by atoms with E-state index in [0.29, 0.717) is 23.8 Å². The Morgan fingerprint density at radius 2 is 1.29 bits per heavy atom. The van der Waals surface area contributed by atoms with Crippen LogP contribution in [0.4, 0.5) is 0 Å². The molecule has 1 aliphatic carbocycles. The Bertz CT molecular complexity index is 1630. The predicted molar refractivity (Wildman–Crippen MR) is 204 cm³/mol. The van der Waals surface area contributed by atoms with E-state index in [0.717, 1.165) is 23.5 Å². The summed E-state index contributed by atoms with van der Waals surface area (Å²) in [6.45, 7) is 11.7. The number of benzene rings is 3. The van der Waals surface area contributed by atoms with Crippen molar-refractivity contribution in [2.75, 3.05) is 26.8 Å². The van der Waals surface area contributed by atoms with Crippen LogP contribution in [0.3, 0.4) is 0 Å². The van der Waals surface area contributed by atoms with Crippen LogP contribution < -0.4 is 9.47 Å². The van der Waals surface area contributed by atoms with Crippen LogP contribution in [0.2, 0.25) is 0 Å². The van der Waals surface area contributed by atoms with E-state index in [1.165, 1.54) is 68.1 Å². The van der Waals surface area contributed by atoms with E-state index in [4.69, 9.17) is 24.1 Å². The Morgan fingerprint density at radius 3 is 1.87 bits per heavy atom. The van der Waals surface area contributed by atoms with Crippen LogP contribution in [0, 0.1) is 5.92 Å². The minimum Gasteiger partial charge on any atom is -0.457 e. The van der Waals surface area contributed by atoms with Crippen LogP contribution in [0.15, 0.2) is 103 Å². The Labute approximate surface area is 308 Å². The molecular weight excluding hydrogens is 656 g/mol. The maximum Gasteiger partial charge on any atom is 0.340 e. The van der Waals surface area contributed by atoms with Crippen molar-refractivity contribution in [3.05, 3.63) is 120 Å². The lowest BCUT2D eigenvalue weighted by Crippen LogP contribution is -2.14. The molecule has 0 aromatic heterocycles. The highest BCUT2D eigenvalue weighted by atomic mass is 16.7. The van der Waals surface area contributed by atoms with Gasteiger partial charge in [-0.25, -0.2) is 9.59 Å². The third-order valence-corrected chi connectivity index (χ3v) is 9.77. The molecule has 3 aromatic carbocycles. The van der Waals surface area contributed by atoms with Crippen LogP contribution in [-0.4, -0.2) is 49.0 Å². The molecule has 0 heterocycles. The van der Waals surface area contributed by atoms with Crippen molar-refractivity contribution in [2.24, 2.45) is 5.92 Å². The third kappa shape index (κ3) is 12.5. The quantitative estimate of drug-likeness (QED) is 0.0371. The number of ether oxygens (including phenoxy) is 4. The number of aliphatic hydroxyl groups excluding tert-OH is 2. The van der Waals surface area contributed by atoms with Gasteiger partial charge in [-0.15, -0.1) is 0 Å². The standard InChI is InChI=1S/C44H54O8/c1-5-6-7-8-34-11-15-37(16-12-34)39-19-21-40(22-20-39)38-17-13-35(14-18-38)9-10-36-25-41(49-29-51-43(47)31(2)23-24-45)27-42(26-36)50-30-52-44(48)33(4)32(3)28-46/h13-14,17-22,25-27,34,37,45-46H,2-12,15-16,23-24,28-30H2,1H3. The van der Waals surface area contributed by atoms with E-state index in [9.17, 15) is 14.7 Å². The summed E-state index contributed by atoms with van der Waals surface area (Å²) in [5.74, 6) is 0.937. The zero-order valence-corrected chi connectivity index (χ0v) is 30.6. The summed E-state index contributed by atoms with van der Waals surface area (Å²) < 4.78 is 21.7. The van der Waals surface area contributed by atoms with E-state index < -0.39 is 25.3 Å². The van der Waals surface area contributed by atoms with Crippen LogP contribution in [-0.2, 0) is 31.9 Å². The minimum absolute atomic E-state index is 0.0398. The number of hydrogen-bond donors (Lipinski definition) is 2. The van der Waals surface area contributed by atoms with Crippen molar-refractivity contribution >= 4 is 11.9 Å². The highest BCUT2D eigenvalue weighted by Crippen LogP contribution is 2.38. The van der Waals surface area contributed by atoms with Gasteiger partial charge in [0.25, 0.3) is 0 Å². The summed E-state index contributed by atoms with van der Waals surface area (Å²) in [7, 11) is 0. The molecule has 0 aliphatic heterocycles.